The third-order valence-electron chi connectivity index (χ3n) is 7.02. The van der Waals surface area contributed by atoms with Gasteiger partial charge in [-0.25, -0.2) is 9.50 Å². The zero-order valence-corrected chi connectivity index (χ0v) is 20.7. The number of hydrogen-bond donors (Lipinski definition) is 1. The number of rotatable bonds is 5. The molecule has 5 heterocycles. The lowest BCUT2D eigenvalue weighted by Gasteiger charge is -2.34. The lowest BCUT2D eigenvalue weighted by Crippen LogP contribution is -2.39. The Kier molecular flexibility index (Phi) is 6.06. The molecule has 9 nitrogen and oxygen atoms in total. The number of likely N-dealkylation sites (tertiary alicyclic amines) is 1. The number of aryl methyl sites for hydroxylation is 2. The Balaban J connectivity index is 1.44. The number of nitrogens with two attached hydrogens (primary N) is 1. The molecule has 182 valence electrons. The molecule has 34 heavy (non-hydrogen) atoms. The summed E-state index contributed by atoms with van der Waals surface area (Å²) in [5.41, 5.74) is 10.5. The third-order valence-corrected chi connectivity index (χ3v) is 7.02. The predicted molar refractivity (Wildman–Crippen MR) is 132 cm³/mol. The maximum absolute atomic E-state index is 13.6. The zero-order valence-electron chi connectivity index (χ0n) is 20.7. The van der Waals surface area contributed by atoms with E-state index in [2.05, 4.69) is 30.8 Å². The SMILES string of the molecule is Cc1cn2nc(C3CCCCN3C(=O)c3cc(CC(C)C)nn3C)cc2nc1N1CCC(N)C1. The molecule has 2 aliphatic rings. The van der Waals surface area contributed by atoms with Crippen LogP contribution in [0.3, 0.4) is 0 Å². The van der Waals surface area contributed by atoms with Gasteiger partial charge < -0.3 is 15.5 Å². The Morgan fingerprint density at radius 3 is 2.74 bits per heavy atom. The van der Waals surface area contributed by atoms with E-state index in [9.17, 15) is 4.79 Å². The molecule has 1 amide bonds. The normalized spacial score (nSPS) is 21.2. The standard InChI is InChI=1S/C25H36N8O/c1-16(2)11-19-12-22(30(4)28-19)25(34)32-9-6-5-7-21(32)20-13-23-27-24(17(3)14-33(23)29-20)31-10-8-18(26)15-31/h12-14,16,18,21H,5-11,15,26H2,1-4H3. The highest BCUT2D eigenvalue weighted by atomic mass is 16.2. The van der Waals surface area contributed by atoms with Gasteiger partial charge >= 0.3 is 0 Å². The van der Waals surface area contributed by atoms with Crippen LogP contribution in [0, 0.1) is 12.8 Å². The van der Waals surface area contributed by atoms with Crippen molar-refractivity contribution >= 4 is 17.4 Å². The Morgan fingerprint density at radius 2 is 2.00 bits per heavy atom. The molecule has 2 atom stereocenters. The number of carbonyl (C=O) groups excluding carboxylic acids is 1. The van der Waals surface area contributed by atoms with Gasteiger partial charge in [-0.15, -0.1) is 0 Å². The van der Waals surface area contributed by atoms with Crippen LogP contribution in [0.15, 0.2) is 18.3 Å². The van der Waals surface area contributed by atoms with Crippen molar-refractivity contribution in [1.82, 2.24) is 29.3 Å². The van der Waals surface area contributed by atoms with Crippen LogP contribution in [0.25, 0.3) is 5.65 Å². The maximum atomic E-state index is 13.6. The first-order valence-electron chi connectivity index (χ1n) is 12.5. The highest BCUT2D eigenvalue weighted by Gasteiger charge is 2.32. The van der Waals surface area contributed by atoms with Crippen LogP contribution >= 0.6 is 0 Å². The second kappa shape index (κ2) is 9.02. The first kappa shape index (κ1) is 22.8. The monoisotopic (exact) mass is 464 g/mol. The fraction of sp³-hybridized carbons (Fsp3) is 0.600. The van der Waals surface area contributed by atoms with Gasteiger partial charge in [0.25, 0.3) is 5.91 Å². The minimum absolute atomic E-state index is 0.0302. The Hall–Kier alpha value is -2.94. The molecular weight excluding hydrogens is 428 g/mol. The van der Waals surface area contributed by atoms with Crippen molar-refractivity contribution in [1.29, 1.82) is 0 Å². The maximum Gasteiger partial charge on any atom is 0.272 e. The molecule has 0 aromatic carbocycles. The van der Waals surface area contributed by atoms with Crippen molar-refractivity contribution in [2.45, 2.75) is 65.0 Å². The Morgan fingerprint density at radius 1 is 1.18 bits per heavy atom. The van der Waals surface area contributed by atoms with Crippen LogP contribution < -0.4 is 10.6 Å². The number of fused-ring (bicyclic) bond motifs is 1. The minimum atomic E-state index is -0.0598. The molecule has 0 aliphatic carbocycles. The molecule has 9 heteroatoms. The highest BCUT2D eigenvalue weighted by molar-refractivity contribution is 5.93. The lowest BCUT2D eigenvalue weighted by molar-refractivity contribution is 0.0594. The summed E-state index contributed by atoms with van der Waals surface area (Å²) in [6.07, 6.45) is 6.88. The van der Waals surface area contributed by atoms with E-state index in [1.54, 1.807) is 4.68 Å². The summed E-state index contributed by atoms with van der Waals surface area (Å²) in [7, 11) is 1.86. The summed E-state index contributed by atoms with van der Waals surface area (Å²) in [4.78, 5) is 22.8. The van der Waals surface area contributed by atoms with E-state index in [1.807, 2.05) is 34.8 Å². The van der Waals surface area contributed by atoms with E-state index in [1.165, 1.54) is 0 Å². The number of nitrogens with zero attached hydrogens (tertiary/aromatic N) is 7. The van der Waals surface area contributed by atoms with Gasteiger partial charge in [-0.05, 0) is 51.0 Å². The smallest absolute Gasteiger partial charge is 0.272 e. The molecule has 0 spiro atoms. The van der Waals surface area contributed by atoms with E-state index >= 15 is 0 Å². The van der Waals surface area contributed by atoms with Crippen LogP contribution in [0.4, 0.5) is 5.82 Å². The van der Waals surface area contributed by atoms with Crippen molar-refractivity contribution < 1.29 is 4.79 Å². The predicted octanol–water partition coefficient (Wildman–Crippen LogP) is 2.87. The average Bonchev–Trinajstić information content (AvgIpc) is 3.50. The quantitative estimate of drug-likeness (QED) is 0.624. The average molecular weight is 465 g/mol. The fourth-order valence-electron chi connectivity index (χ4n) is 5.36. The highest BCUT2D eigenvalue weighted by Crippen LogP contribution is 2.33. The van der Waals surface area contributed by atoms with Crippen LogP contribution in [0.5, 0.6) is 0 Å². The molecule has 5 rings (SSSR count). The second-order valence-corrected chi connectivity index (χ2v) is 10.4. The van der Waals surface area contributed by atoms with E-state index < -0.39 is 0 Å². The van der Waals surface area contributed by atoms with Gasteiger partial charge in [-0.2, -0.15) is 10.2 Å². The molecule has 2 saturated heterocycles. The van der Waals surface area contributed by atoms with Gasteiger partial charge in [0.2, 0.25) is 0 Å². The number of hydrogen-bond acceptors (Lipinski definition) is 6. The lowest BCUT2D eigenvalue weighted by atomic mass is 9.98. The number of aromatic nitrogens is 5. The molecule has 0 bridgehead atoms. The number of piperidine rings is 1. The summed E-state index contributed by atoms with van der Waals surface area (Å²) in [6, 6.07) is 4.14. The van der Waals surface area contributed by atoms with Crippen molar-refractivity contribution in [2.75, 3.05) is 24.5 Å². The second-order valence-electron chi connectivity index (χ2n) is 10.4. The first-order valence-corrected chi connectivity index (χ1v) is 12.5. The van der Waals surface area contributed by atoms with Crippen LogP contribution in [0.1, 0.15) is 73.0 Å². The molecule has 2 fully saturated rings. The van der Waals surface area contributed by atoms with Crippen molar-refractivity contribution in [3.05, 3.63) is 41.0 Å². The summed E-state index contributed by atoms with van der Waals surface area (Å²) in [5.74, 6) is 1.51. The molecule has 0 radical (unpaired) electrons. The van der Waals surface area contributed by atoms with Gasteiger partial charge in [0.05, 0.1) is 17.4 Å². The van der Waals surface area contributed by atoms with Crippen molar-refractivity contribution in [3.8, 4) is 0 Å². The molecular formula is C25H36N8O. The Labute approximate surface area is 200 Å². The fourth-order valence-corrected chi connectivity index (χ4v) is 5.36. The van der Waals surface area contributed by atoms with E-state index in [0.29, 0.717) is 11.6 Å². The van der Waals surface area contributed by atoms with Gasteiger partial charge in [-0.3, -0.25) is 9.48 Å². The van der Waals surface area contributed by atoms with E-state index in [0.717, 1.165) is 80.2 Å². The number of carbonyl (C=O) groups is 1. The van der Waals surface area contributed by atoms with E-state index in [-0.39, 0.29) is 18.0 Å². The largest absolute Gasteiger partial charge is 0.355 e. The topological polar surface area (TPSA) is 97.6 Å². The number of anilines is 1. The molecule has 2 unspecified atom stereocenters. The van der Waals surface area contributed by atoms with Gasteiger partial charge in [-0.1, -0.05) is 13.8 Å². The number of amides is 1. The van der Waals surface area contributed by atoms with Crippen LogP contribution in [-0.2, 0) is 13.5 Å². The molecule has 0 saturated carbocycles. The molecule has 2 aliphatic heterocycles. The molecule has 3 aromatic heterocycles. The van der Waals surface area contributed by atoms with E-state index in [4.69, 9.17) is 15.8 Å². The zero-order chi connectivity index (χ0) is 24.0. The molecule has 2 N–H and O–H groups in total. The summed E-state index contributed by atoms with van der Waals surface area (Å²) in [5, 5.41) is 9.46. The van der Waals surface area contributed by atoms with Gasteiger partial charge in [0.1, 0.15) is 11.5 Å². The third kappa shape index (κ3) is 4.29. The Bertz CT molecular complexity index is 1200. The van der Waals surface area contributed by atoms with Gasteiger partial charge in [0, 0.05) is 50.6 Å². The van der Waals surface area contributed by atoms with Gasteiger partial charge in [0.15, 0.2) is 5.65 Å². The molecule has 3 aromatic rings. The van der Waals surface area contributed by atoms with Crippen LogP contribution in [-0.4, -0.2) is 60.9 Å². The summed E-state index contributed by atoms with van der Waals surface area (Å²) in [6.45, 7) is 8.89. The minimum Gasteiger partial charge on any atom is -0.355 e. The first-order chi connectivity index (χ1) is 16.3. The summed E-state index contributed by atoms with van der Waals surface area (Å²) < 4.78 is 3.58. The van der Waals surface area contributed by atoms with Crippen LogP contribution in [0.2, 0.25) is 0 Å². The van der Waals surface area contributed by atoms with Crippen molar-refractivity contribution in [2.24, 2.45) is 18.7 Å². The van der Waals surface area contributed by atoms with Crippen molar-refractivity contribution in [3.63, 3.8) is 0 Å². The summed E-state index contributed by atoms with van der Waals surface area (Å²) >= 11 is 0.